The summed E-state index contributed by atoms with van der Waals surface area (Å²) in [5.41, 5.74) is 4.37. The molecule has 40 heavy (non-hydrogen) atoms. The minimum atomic E-state index is -0.655. The highest BCUT2D eigenvalue weighted by atomic mass is 16.5. The van der Waals surface area contributed by atoms with Crippen molar-refractivity contribution >= 4 is 23.6 Å². The summed E-state index contributed by atoms with van der Waals surface area (Å²) in [6.45, 7) is 3.17. The van der Waals surface area contributed by atoms with E-state index in [0.29, 0.717) is 36.6 Å². The van der Waals surface area contributed by atoms with E-state index in [0.717, 1.165) is 41.6 Å². The molecule has 0 bridgehead atoms. The summed E-state index contributed by atoms with van der Waals surface area (Å²) in [6, 6.07) is 14.4. The zero-order valence-electron chi connectivity index (χ0n) is 22.3. The Kier molecular flexibility index (Phi) is 6.83. The lowest BCUT2D eigenvalue weighted by atomic mass is 10.0. The SMILES string of the molecule is Cc1c(-c2ccccc2)n[nH]c1C(=O)N1CCCC[C@@H]1COc1ccc2c(c1)CN(C1CCC(=O)NC1=O)C2=O. The van der Waals surface area contributed by atoms with Gasteiger partial charge in [-0.25, -0.2) is 0 Å². The molecule has 206 valence electrons. The number of fused-ring (bicyclic) bond motifs is 1. The van der Waals surface area contributed by atoms with Crippen molar-refractivity contribution in [3.05, 3.63) is 70.9 Å². The summed E-state index contributed by atoms with van der Waals surface area (Å²) < 4.78 is 6.17. The maximum atomic E-state index is 13.6. The quantitative estimate of drug-likeness (QED) is 0.462. The van der Waals surface area contributed by atoms with Crippen LogP contribution in [0.3, 0.4) is 0 Å². The molecule has 2 atom stereocenters. The fraction of sp³-hybridized carbons (Fsp3) is 0.367. The molecule has 3 aliphatic heterocycles. The molecule has 2 aromatic carbocycles. The van der Waals surface area contributed by atoms with E-state index in [1.165, 1.54) is 4.90 Å². The number of benzene rings is 2. The van der Waals surface area contributed by atoms with Gasteiger partial charge in [0.2, 0.25) is 11.8 Å². The summed E-state index contributed by atoms with van der Waals surface area (Å²) in [5, 5.41) is 9.72. The van der Waals surface area contributed by atoms with Crippen molar-refractivity contribution < 1.29 is 23.9 Å². The van der Waals surface area contributed by atoms with Crippen LogP contribution < -0.4 is 10.1 Å². The molecule has 0 spiro atoms. The first-order chi connectivity index (χ1) is 19.4. The van der Waals surface area contributed by atoms with Crippen molar-refractivity contribution in [3.8, 4) is 17.0 Å². The summed E-state index contributed by atoms with van der Waals surface area (Å²) in [4.78, 5) is 53.8. The number of H-pyrrole nitrogens is 1. The van der Waals surface area contributed by atoms with E-state index in [1.807, 2.05) is 48.2 Å². The van der Waals surface area contributed by atoms with Gasteiger partial charge >= 0.3 is 0 Å². The van der Waals surface area contributed by atoms with Gasteiger partial charge in [-0.15, -0.1) is 0 Å². The van der Waals surface area contributed by atoms with Crippen LogP contribution in [0.25, 0.3) is 11.3 Å². The molecule has 0 radical (unpaired) electrons. The second kappa shape index (κ2) is 10.6. The Balaban J connectivity index is 1.13. The molecule has 2 fully saturated rings. The van der Waals surface area contributed by atoms with Gasteiger partial charge in [-0.05, 0) is 56.4 Å². The maximum Gasteiger partial charge on any atom is 0.272 e. The molecule has 4 amide bonds. The molecule has 1 unspecified atom stereocenters. The number of aromatic amines is 1. The van der Waals surface area contributed by atoms with Gasteiger partial charge < -0.3 is 14.5 Å². The van der Waals surface area contributed by atoms with E-state index in [-0.39, 0.29) is 36.7 Å². The number of amides is 4. The number of carbonyl (C=O) groups is 4. The molecule has 1 aromatic heterocycles. The van der Waals surface area contributed by atoms with Crippen molar-refractivity contribution in [2.75, 3.05) is 13.2 Å². The van der Waals surface area contributed by atoms with Gasteiger partial charge in [0.15, 0.2) is 0 Å². The number of aromatic nitrogens is 2. The van der Waals surface area contributed by atoms with Gasteiger partial charge in [-0.2, -0.15) is 5.10 Å². The number of rotatable bonds is 6. The number of hydrogen-bond donors (Lipinski definition) is 2. The van der Waals surface area contributed by atoms with E-state index in [1.54, 1.807) is 12.1 Å². The largest absolute Gasteiger partial charge is 0.491 e. The molecule has 2 N–H and O–H groups in total. The van der Waals surface area contributed by atoms with E-state index < -0.39 is 11.9 Å². The van der Waals surface area contributed by atoms with Crippen molar-refractivity contribution in [1.29, 1.82) is 0 Å². The topological polar surface area (TPSA) is 125 Å². The zero-order chi connectivity index (χ0) is 27.8. The summed E-state index contributed by atoms with van der Waals surface area (Å²) in [6.07, 6.45) is 3.30. The second-order valence-corrected chi connectivity index (χ2v) is 10.6. The van der Waals surface area contributed by atoms with Gasteiger partial charge in [0.05, 0.1) is 11.7 Å². The number of hydrogen-bond acceptors (Lipinski definition) is 6. The van der Waals surface area contributed by atoms with Crippen LogP contribution in [0, 0.1) is 6.92 Å². The predicted molar refractivity (Wildman–Crippen MR) is 145 cm³/mol. The minimum absolute atomic E-state index is 0.0834. The van der Waals surface area contributed by atoms with Crippen molar-refractivity contribution in [2.24, 2.45) is 0 Å². The molecule has 4 heterocycles. The molecular weight excluding hydrogens is 510 g/mol. The maximum absolute atomic E-state index is 13.6. The van der Waals surface area contributed by atoms with Crippen LogP contribution in [0.5, 0.6) is 5.75 Å². The standard InChI is InChI=1S/C30H31N5O5/c1-18-26(19-7-3-2-4-8-19)32-33-27(18)30(39)34-14-6-5-9-21(34)17-40-22-10-11-23-20(15-22)16-35(29(23)38)24-12-13-25(36)31-28(24)37/h2-4,7-8,10-11,15,21,24H,5-6,9,12-14,16-17H2,1H3,(H,32,33)(H,31,36,37)/t21-,24?/m1/s1. The number of nitrogens with one attached hydrogen (secondary N) is 2. The van der Waals surface area contributed by atoms with E-state index >= 15 is 0 Å². The Morgan fingerprint density at radius 2 is 1.90 bits per heavy atom. The lowest BCUT2D eigenvalue weighted by Crippen LogP contribution is -2.52. The van der Waals surface area contributed by atoms with Gasteiger partial charge in [-0.1, -0.05) is 30.3 Å². The Morgan fingerprint density at radius 1 is 1.07 bits per heavy atom. The molecule has 3 aromatic rings. The summed E-state index contributed by atoms with van der Waals surface area (Å²) >= 11 is 0. The number of piperidine rings is 2. The average molecular weight is 542 g/mol. The fourth-order valence-corrected chi connectivity index (χ4v) is 5.90. The average Bonchev–Trinajstić information content (AvgIpc) is 3.51. The second-order valence-electron chi connectivity index (χ2n) is 10.6. The smallest absolute Gasteiger partial charge is 0.272 e. The number of imide groups is 1. The van der Waals surface area contributed by atoms with Crippen LogP contribution in [0.2, 0.25) is 0 Å². The van der Waals surface area contributed by atoms with Crippen molar-refractivity contribution in [1.82, 2.24) is 25.3 Å². The Labute approximate surface area is 231 Å². The number of nitrogens with zero attached hydrogens (tertiary/aromatic N) is 3. The first-order valence-corrected chi connectivity index (χ1v) is 13.7. The van der Waals surface area contributed by atoms with Crippen LogP contribution in [0.4, 0.5) is 0 Å². The van der Waals surface area contributed by atoms with E-state index in [4.69, 9.17) is 4.74 Å². The third-order valence-electron chi connectivity index (χ3n) is 8.10. The van der Waals surface area contributed by atoms with Crippen LogP contribution in [0.15, 0.2) is 48.5 Å². The molecule has 10 heteroatoms. The lowest BCUT2D eigenvalue weighted by Gasteiger charge is -2.35. The first-order valence-electron chi connectivity index (χ1n) is 13.7. The minimum Gasteiger partial charge on any atom is -0.491 e. The molecule has 10 nitrogen and oxygen atoms in total. The van der Waals surface area contributed by atoms with Gasteiger partial charge in [-0.3, -0.25) is 29.6 Å². The third-order valence-corrected chi connectivity index (χ3v) is 8.10. The molecule has 0 aliphatic carbocycles. The highest BCUT2D eigenvalue weighted by Gasteiger charge is 2.39. The molecular formula is C30H31N5O5. The van der Waals surface area contributed by atoms with Crippen LogP contribution >= 0.6 is 0 Å². The Bertz CT molecular complexity index is 1480. The van der Waals surface area contributed by atoms with Crippen LogP contribution in [-0.4, -0.2) is 68.9 Å². The third kappa shape index (κ3) is 4.74. The van der Waals surface area contributed by atoms with Crippen LogP contribution in [-0.2, 0) is 16.1 Å². The number of carbonyl (C=O) groups excluding carboxylic acids is 4. The highest BCUT2D eigenvalue weighted by molar-refractivity contribution is 6.05. The highest BCUT2D eigenvalue weighted by Crippen LogP contribution is 2.31. The number of ether oxygens (including phenoxy) is 1. The van der Waals surface area contributed by atoms with Gasteiger partial charge in [0.25, 0.3) is 11.8 Å². The Morgan fingerprint density at radius 3 is 2.70 bits per heavy atom. The fourth-order valence-electron chi connectivity index (χ4n) is 5.90. The summed E-state index contributed by atoms with van der Waals surface area (Å²) in [7, 11) is 0. The van der Waals surface area contributed by atoms with Gasteiger partial charge in [0, 0.05) is 36.2 Å². The zero-order valence-corrected chi connectivity index (χ0v) is 22.3. The monoisotopic (exact) mass is 541 g/mol. The lowest BCUT2D eigenvalue weighted by molar-refractivity contribution is -0.136. The van der Waals surface area contributed by atoms with E-state index in [9.17, 15) is 19.2 Å². The normalized spacial score (nSPS) is 20.9. The molecule has 3 aliphatic rings. The Hall–Kier alpha value is -4.47. The summed E-state index contributed by atoms with van der Waals surface area (Å²) in [5.74, 6) is -0.432. The molecule has 6 rings (SSSR count). The van der Waals surface area contributed by atoms with Crippen molar-refractivity contribution in [3.63, 3.8) is 0 Å². The predicted octanol–water partition coefficient (Wildman–Crippen LogP) is 3.22. The first kappa shape index (κ1) is 25.8. The van der Waals surface area contributed by atoms with Crippen LogP contribution in [0.1, 0.15) is 64.1 Å². The number of likely N-dealkylation sites (tertiary alicyclic amines) is 1. The van der Waals surface area contributed by atoms with Crippen molar-refractivity contribution in [2.45, 2.75) is 57.7 Å². The van der Waals surface area contributed by atoms with E-state index in [2.05, 4.69) is 15.5 Å². The van der Waals surface area contributed by atoms with Gasteiger partial charge in [0.1, 0.15) is 24.1 Å². The molecule has 2 saturated heterocycles. The molecule has 0 saturated carbocycles.